The Morgan fingerprint density at radius 2 is 1.91 bits per heavy atom. The molecule has 0 bridgehead atoms. The maximum absolute atomic E-state index is 12.9. The molecule has 2 aliphatic heterocycles. The number of nitrogens with zero attached hydrogens (tertiary/aromatic N) is 3. The van der Waals surface area contributed by atoms with Crippen LogP contribution < -0.4 is 5.32 Å². The zero-order chi connectivity index (χ0) is 24.3. The number of likely N-dealkylation sites (tertiary alicyclic amines) is 1. The molecule has 1 saturated carbocycles. The van der Waals surface area contributed by atoms with E-state index in [0.29, 0.717) is 24.5 Å². The SMILES string of the molecule is CC1=C(/C(C)=N/N=C(\C)SCCCN2C[C@H]3CCC(c4ccc(C(F)(F)F)cc4)[C@H]3C2)OCN1. The van der Waals surface area contributed by atoms with Crippen LogP contribution in [0.1, 0.15) is 57.1 Å². The molecule has 1 aromatic rings. The number of ether oxygens (including phenoxy) is 1. The molecule has 186 valence electrons. The molecule has 0 radical (unpaired) electrons. The first-order valence-corrected chi connectivity index (χ1v) is 12.9. The molecule has 0 spiro atoms. The van der Waals surface area contributed by atoms with E-state index in [4.69, 9.17) is 4.74 Å². The van der Waals surface area contributed by atoms with Crippen molar-refractivity contribution in [3.63, 3.8) is 0 Å². The average Bonchev–Trinajstić information content (AvgIpc) is 3.50. The van der Waals surface area contributed by atoms with Crippen molar-refractivity contribution in [3.05, 3.63) is 46.8 Å². The first-order chi connectivity index (χ1) is 16.2. The van der Waals surface area contributed by atoms with Crippen molar-refractivity contribution in [2.45, 2.75) is 52.1 Å². The highest BCUT2D eigenvalue weighted by Crippen LogP contribution is 2.47. The Morgan fingerprint density at radius 3 is 2.59 bits per heavy atom. The van der Waals surface area contributed by atoms with Crippen molar-refractivity contribution in [3.8, 4) is 0 Å². The Hall–Kier alpha value is -2.00. The second-order valence-electron chi connectivity index (χ2n) is 9.41. The number of allylic oxidation sites excluding steroid dienone is 2. The number of hydrogen-bond donors (Lipinski definition) is 1. The fourth-order valence-electron chi connectivity index (χ4n) is 5.38. The standard InChI is InChI=1S/C25H33F3N4OS/c1-16-24(33-15-29-16)17(2)30-31-18(3)34-12-4-11-32-13-20-7-10-22(23(20)14-32)19-5-8-21(9-6-19)25(26,27)28/h5-6,8-9,20,22-23,29H,4,7,10-15H2,1-3H3/b30-17+,31-18+/t20-,22?,23+/m1/s1. The van der Waals surface area contributed by atoms with Crippen LogP contribution in [0.2, 0.25) is 0 Å². The lowest BCUT2D eigenvalue weighted by Crippen LogP contribution is -2.24. The molecular weight excluding hydrogens is 461 g/mol. The second kappa shape index (κ2) is 10.7. The van der Waals surface area contributed by atoms with Gasteiger partial charge < -0.3 is 15.0 Å². The third-order valence-corrected chi connectivity index (χ3v) is 8.08. The van der Waals surface area contributed by atoms with Gasteiger partial charge >= 0.3 is 6.18 Å². The monoisotopic (exact) mass is 494 g/mol. The summed E-state index contributed by atoms with van der Waals surface area (Å²) in [6.45, 7) is 9.51. The van der Waals surface area contributed by atoms with Crippen molar-refractivity contribution in [2.75, 3.05) is 32.1 Å². The highest BCUT2D eigenvalue weighted by Gasteiger charge is 2.43. The molecule has 3 aliphatic rings. The lowest BCUT2D eigenvalue weighted by molar-refractivity contribution is -0.137. The highest BCUT2D eigenvalue weighted by atomic mass is 32.2. The van der Waals surface area contributed by atoms with Gasteiger partial charge in [-0.1, -0.05) is 12.1 Å². The molecule has 9 heteroatoms. The second-order valence-corrected chi connectivity index (χ2v) is 10.7. The van der Waals surface area contributed by atoms with E-state index >= 15 is 0 Å². The number of hydrogen-bond acceptors (Lipinski definition) is 6. The van der Waals surface area contributed by atoms with E-state index in [1.165, 1.54) is 18.6 Å². The minimum Gasteiger partial charge on any atom is -0.470 e. The van der Waals surface area contributed by atoms with Gasteiger partial charge in [-0.3, -0.25) is 0 Å². The van der Waals surface area contributed by atoms with E-state index < -0.39 is 11.7 Å². The van der Waals surface area contributed by atoms with Crippen molar-refractivity contribution in [2.24, 2.45) is 22.0 Å². The highest BCUT2D eigenvalue weighted by molar-refractivity contribution is 8.13. The molecule has 4 rings (SSSR count). The van der Waals surface area contributed by atoms with Crippen LogP contribution in [-0.2, 0) is 10.9 Å². The molecule has 1 saturated heterocycles. The van der Waals surface area contributed by atoms with Gasteiger partial charge in [0.15, 0.2) is 12.5 Å². The van der Waals surface area contributed by atoms with Crippen LogP contribution in [0.15, 0.2) is 45.9 Å². The molecule has 1 aliphatic carbocycles. The molecule has 3 atom stereocenters. The molecular formula is C25H33F3N4OS. The Balaban J connectivity index is 1.21. The van der Waals surface area contributed by atoms with E-state index in [2.05, 4.69) is 20.4 Å². The molecule has 2 fully saturated rings. The number of alkyl halides is 3. The van der Waals surface area contributed by atoms with Gasteiger partial charge in [0.25, 0.3) is 0 Å². The quantitative estimate of drug-likeness (QED) is 0.223. The van der Waals surface area contributed by atoms with Crippen LogP contribution in [0.4, 0.5) is 13.2 Å². The Labute approximate surface area is 203 Å². The minimum absolute atomic E-state index is 0.375. The van der Waals surface area contributed by atoms with Gasteiger partial charge in [-0.15, -0.1) is 16.9 Å². The molecule has 0 amide bonds. The average molecular weight is 495 g/mol. The zero-order valence-electron chi connectivity index (χ0n) is 20.0. The van der Waals surface area contributed by atoms with Crippen LogP contribution in [0, 0.1) is 11.8 Å². The Morgan fingerprint density at radius 1 is 1.15 bits per heavy atom. The molecule has 0 aromatic heterocycles. The molecule has 1 unspecified atom stereocenters. The molecule has 1 aromatic carbocycles. The minimum atomic E-state index is -4.27. The zero-order valence-corrected chi connectivity index (χ0v) is 20.8. The van der Waals surface area contributed by atoms with Crippen LogP contribution in [0.25, 0.3) is 0 Å². The van der Waals surface area contributed by atoms with E-state index in [0.717, 1.165) is 66.0 Å². The van der Waals surface area contributed by atoms with E-state index in [1.807, 2.05) is 20.8 Å². The lowest BCUT2D eigenvalue weighted by atomic mass is 9.86. The summed E-state index contributed by atoms with van der Waals surface area (Å²) in [5.41, 5.74) is 2.25. The Bertz CT molecular complexity index is 958. The van der Waals surface area contributed by atoms with Crippen LogP contribution in [0.3, 0.4) is 0 Å². The summed E-state index contributed by atoms with van der Waals surface area (Å²) in [5, 5.41) is 12.7. The van der Waals surface area contributed by atoms with E-state index in [9.17, 15) is 13.2 Å². The first kappa shape index (κ1) is 25.1. The largest absolute Gasteiger partial charge is 0.470 e. The van der Waals surface area contributed by atoms with Crippen molar-refractivity contribution in [1.29, 1.82) is 0 Å². The summed E-state index contributed by atoms with van der Waals surface area (Å²) in [6, 6.07) is 5.85. The number of benzene rings is 1. The first-order valence-electron chi connectivity index (χ1n) is 11.9. The van der Waals surface area contributed by atoms with E-state index in [1.54, 1.807) is 23.9 Å². The summed E-state index contributed by atoms with van der Waals surface area (Å²) < 4.78 is 44.2. The predicted octanol–water partition coefficient (Wildman–Crippen LogP) is 5.86. The smallest absolute Gasteiger partial charge is 0.416 e. The maximum Gasteiger partial charge on any atom is 0.416 e. The number of nitrogens with one attached hydrogen (secondary N) is 1. The molecule has 5 nitrogen and oxygen atoms in total. The van der Waals surface area contributed by atoms with Crippen molar-refractivity contribution >= 4 is 22.5 Å². The summed E-state index contributed by atoms with van der Waals surface area (Å²) >= 11 is 1.72. The van der Waals surface area contributed by atoms with Gasteiger partial charge in [-0.2, -0.15) is 18.3 Å². The predicted molar refractivity (Wildman–Crippen MR) is 132 cm³/mol. The molecule has 34 heavy (non-hydrogen) atoms. The third-order valence-electron chi connectivity index (χ3n) is 7.09. The fraction of sp³-hybridized carbons (Fsp3) is 0.600. The van der Waals surface area contributed by atoms with Crippen molar-refractivity contribution < 1.29 is 17.9 Å². The maximum atomic E-state index is 12.9. The summed E-state index contributed by atoms with van der Waals surface area (Å²) in [4.78, 5) is 2.53. The topological polar surface area (TPSA) is 49.2 Å². The molecule has 1 N–H and O–H groups in total. The van der Waals surface area contributed by atoms with Crippen molar-refractivity contribution in [1.82, 2.24) is 10.2 Å². The van der Waals surface area contributed by atoms with E-state index in [-0.39, 0.29) is 0 Å². The fourth-order valence-corrected chi connectivity index (χ4v) is 6.05. The molecule has 2 heterocycles. The third kappa shape index (κ3) is 5.97. The van der Waals surface area contributed by atoms with Crippen LogP contribution >= 0.6 is 11.8 Å². The van der Waals surface area contributed by atoms with Gasteiger partial charge in [0, 0.05) is 18.8 Å². The summed E-state index contributed by atoms with van der Waals surface area (Å²) in [6.07, 6.45) is -0.953. The van der Waals surface area contributed by atoms with Gasteiger partial charge in [0.1, 0.15) is 5.71 Å². The number of thioether (sulfide) groups is 1. The number of halogens is 3. The van der Waals surface area contributed by atoms with Gasteiger partial charge in [-0.05, 0) is 82.0 Å². The van der Waals surface area contributed by atoms with Crippen LogP contribution in [0.5, 0.6) is 0 Å². The van der Waals surface area contributed by atoms with Crippen LogP contribution in [-0.4, -0.2) is 47.8 Å². The van der Waals surface area contributed by atoms with Gasteiger partial charge in [-0.25, -0.2) is 0 Å². The number of rotatable bonds is 7. The number of fused-ring (bicyclic) bond motifs is 1. The lowest BCUT2D eigenvalue weighted by Gasteiger charge is -2.21. The normalized spacial score (nSPS) is 26.1. The van der Waals surface area contributed by atoms with Gasteiger partial charge in [0.05, 0.1) is 16.3 Å². The summed E-state index contributed by atoms with van der Waals surface area (Å²) in [5.74, 6) is 3.34. The van der Waals surface area contributed by atoms with Gasteiger partial charge in [0.2, 0.25) is 0 Å². The Kier molecular flexibility index (Phi) is 7.92. The summed E-state index contributed by atoms with van der Waals surface area (Å²) in [7, 11) is 0.